The molecule has 0 unspecified atom stereocenters. The van der Waals surface area contributed by atoms with E-state index in [4.69, 9.17) is 14.2 Å². The van der Waals surface area contributed by atoms with Crippen LogP contribution < -0.4 is 14.4 Å². The van der Waals surface area contributed by atoms with Crippen LogP contribution in [0.15, 0.2) is 42.5 Å². The Morgan fingerprint density at radius 3 is 2.58 bits per heavy atom. The molecule has 3 heterocycles. The molecule has 0 aromatic heterocycles. The molecule has 0 radical (unpaired) electrons. The number of hydrogen-bond donors (Lipinski definition) is 0. The molecule has 5 rings (SSSR count). The van der Waals surface area contributed by atoms with E-state index in [9.17, 15) is 14.4 Å². The summed E-state index contributed by atoms with van der Waals surface area (Å²) in [4.78, 5) is 43.6. The number of esters is 1. The summed E-state index contributed by atoms with van der Waals surface area (Å²) in [6, 6.07) is 11.6. The highest BCUT2D eigenvalue weighted by Gasteiger charge is 2.72. The van der Waals surface area contributed by atoms with Gasteiger partial charge in [0.15, 0.2) is 0 Å². The lowest BCUT2D eigenvalue weighted by atomic mass is 9.77. The minimum absolute atomic E-state index is 0.182. The zero-order valence-electron chi connectivity index (χ0n) is 19.0. The van der Waals surface area contributed by atoms with E-state index in [0.717, 1.165) is 11.1 Å². The van der Waals surface area contributed by atoms with Gasteiger partial charge in [0.1, 0.15) is 17.0 Å². The Morgan fingerprint density at radius 2 is 1.91 bits per heavy atom. The van der Waals surface area contributed by atoms with Crippen molar-refractivity contribution in [3.8, 4) is 11.5 Å². The monoisotopic (exact) mass is 450 g/mol. The number of urea groups is 1. The van der Waals surface area contributed by atoms with Crippen LogP contribution in [-0.2, 0) is 14.3 Å². The molecular formula is C25H26N2O6. The topological polar surface area (TPSA) is 85.4 Å². The van der Waals surface area contributed by atoms with Crippen molar-refractivity contribution in [2.24, 2.45) is 11.8 Å². The molecular weight excluding hydrogens is 424 g/mol. The fourth-order valence-electron chi connectivity index (χ4n) is 5.52. The van der Waals surface area contributed by atoms with E-state index in [0.29, 0.717) is 17.2 Å². The maximum Gasteiger partial charge on any atom is 0.332 e. The Balaban J connectivity index is 1.66. The number of amides is 3. The second kappa shape index (κ2) is 7.50. The van der Waals surface area contributed by atoms with E-state index in [1.165, 1.54) is 4.90 Å². The number of methoxy groups -OCH3 is 1. The molecule has 2 saturated heterocycles. The van der Waals surface area contributed by atoms with Gasteiger partial charge < -0.3 is 19.1 Å². The number of aryl methyl sites for hydroxylation is 1. The van der Waals surface area contributed by atoms with Crippen LogP contribution in [0.4, 0.5) is 10.5 Å². The molecule has 2 aromatic rings. The van der Waals surface area contributed by atoms with E-state index >= 15 is 0 Å². The number of benzene rings is 2. The van der Waals surface area contributed by atoms with Crippen LogP contribution in [0.3, 0.4) is 0 Å². The highest BCUT2D eigenvalue weighted by atomic mass is 16.5. The van der Waals surface area contributed by atoms with E-state index in [2.05, 4.69) is 0 Å². The first-order valence-electron chi connectivity index (χ1n) is 11.0. The molecule has 0 aliphatic carbocycles. The number of anilines is 1. The van der Waals surface area contributed by atoms with Crippen molar-refractivity contribution in [2.75, 3.05) is 25.2 Å². The predicted octanol–water partition coefficient (Wildman–Crippen LogP) is 3.47. The van der Waals surface area contributed by atoms with E-state index < -0.39 is 41.3 Å². The van der Waals surface area contributed by atoms with Gasteiger partial charge in [0.2, 0.25) is 0 Å². The zero-order valence-corrected chi connectivity index (χ0v) is 19.0. The average molecular weight is 450 g/mol. The number of carbonyl (C=O) groups is 3. The van der Waals surface area contributed by atoms with Crippen LogP contribution in [0.25, 0.3) is 0 Å². The first-order valence-corrected chi connectivity index (χ1v) is 11.0. The summed E-state index contributed by atoms with van der Waals surface area (Å²) in [5, 5.41) is 0. The Bertz CT molecular complexity index is 1150. The summed E-state index contributed by atoms with van der Waals surface area (Å²) in [6.07, 6.45) is 0. The third-order valence-corrected chi connectivity index (χ3v) is 7.05. The maximum atomic E-state index is 13.9. The van der Waals surface area contributed by atoms with Crippen LogP contribution >= 0.6 is 0 Å². The quantitative estimate of drug-likeness (QED) is 0.524. The van der Waals surface area contributed by atoms with Crippen LogP contribution in [0.5, 0.6) is 11.5 Å². The summed E-state index contributed by atoms with van der Waals surface area (Å²) in [5.41, 5.74) is 0.847. The van der Waals surface area contributed by atoms with Gasteiger partial charge in [-0.1, -0.05) is 17.7 Å². The fraction of sp³-hybridized carbons (Fsp3) is 0.400. The molecule has 0 N–H and O–H groups in total. The Morgan fingerprint density at radius 1 is 1.18 bits per heavy atom. The summed E-state index contributed by atoms with van der Waals surface area (Å²) in [7, 11) is 1.57. The molecule has 8 nitrogen and oxygen atoms in total. The molecule has 8 heteroatoms. The molecule has 0 bridgehead atoms. The zero-order chi connectivity index (χ0) is 23.5. The van der Waals surface area contributed by atoms with Gasteiger partial charge in [-0.25, -0.2) is 9.69 Å². The number of hydrogen-bond acceptors (Lipinski definition) is 6. The average Bonchev–Trinajstić information content (AvgIpc) is 3.19. The van der Waals surface area contributed by atoms with Crippen molar-refractivity contribution >= 4 is 23.6 Å². The highest BCUT2D eigenvalue weighted by molar-refractivity contribution is 6.24. The predicted molar refractivity (Wildman–Crippen MR) is 119 cm³/mol. The van der Waals surface area contributed by atoms with Crippen molar-refractivity contribution in [2.45, 2.75) is 32.4 Å². The lowest BCUT2D eigenvalue weighted by Gasteiger charge is -2.34. The third kappa shape index (κ3) is 2.86. The van der Waals surface area contributed by atoms with Crippen molar-refractivity contribution in [3.63, 3.8) is 0 Å². The number of carbonyl (C=O) groups excluding carboxylic acids is 3. The van der Waals surface area contributed by atoms with Crippen LogP contribution in [0.2, 0.25) is 0 Å². The lowest BCUT2D eigenvalue weighted by Crippen LogP contribution is -2.51. The smallest absolute Gasteiger partial charge is 0.332 e. The van der Waals surface area contributed by atoms with Gasteiger partial charge in [-0.15, -0.1) is 0 Å². The molecule has 2 aromatic carbocycles. The van der Waals surface area contributed by atoms with Gasteiger partial charge in [-0.05, 0) is 45.0 Å². The van der Waals surface area contributed by atoms with Crippen molar-refractivity contribution in [1.29, 1.82) is 0 Å². The Kier molecular flexibility index (Phi) is 4.84. The first kappa shape index (κ1) is 21.3. The fourth-order valence-corrected chi connectivity index (χ4v) is 5.52. The minimum atomic E-state index is -1.39. The molecule has 0 spiro atoms. The SMILES string of the molecule is CCOC(=O)[C@@H]1[C@H]2COc3cc(OC)ccc3[C@@H]2N2C(=O)N(c3ccc(C)cc3)C(=O)[C@]12C. The summed E-state index contributed by atoms with van der Waals surface area (Å²) in [6.45, 7) is 5.70. The van der Waals surface area contributed by atoms with E-state index in [1.54, 1.807) is 50.1 Å². The number of imide groups is 1. The molecule has 3 amide bonds. The summed E-state index contributed by atoms with van der Waals surface area (Å²) in [5.74, 6) is -0.993. The molecule has 3 aliphatic rings. The number of fused-ring (bicyclic) bond motifs is 5. The van der Waals surface area contributed by atoms with Gasteiger partial charge in [-0.2, -0.15) is 0 Å². The number of rotatable bonds is 4. The molecule has 2 fully saturated rings. The Labute approximate surface area is 192 Å². The largest absolute Gasteiger partial charge is 0.497 e. The lowest BCUT2D eigenvalue weighted by molar-refractivity contribution is -0.154. The van der Waals surface area contributed by atoms with Gasteiger partial charge in [0, 0.05) is 17.5 Å². The molecule has 3 aliphatic heterocycles. The maximum absolute atomic E-state index is 13.9. The number of nitrogens with zero attached hydrogens (tertiary/aromatic N) is 2. The Hall–Kier alpha value is -3.55. The molecule has 4 atom stereocenters. The van der Waals surface area contributed by atoms with Crippen LogP contribution in [0.1, 0.15) is 31.0 Å². The van der Waals surface area contributed by atoms with Crippen molar-refractivity contribution in [3.05, 3.63) is 53.6 Å². The first-order chi connectivity index (χ1) is 15.8. The van der Waals surface area contributed by atoms with Gasteiger partial charge in [0.25, 0.3) is 5.91 Å². The highest BCUT2D eigenvalue weighted by Crippen LogP contribution is 2.58. The minimum Gasteiger partial charge on any atom is -0.497 e. The second-order valence-corrected chi connectivity index (χ2v) is 8.83. The van der Waals surface area contributed by atoms with Gasteiger partial charge >= 0.3 is 12.0 Å². The van der Waals surface area contributed by atoms with Gasteiger partial charge in [-0.3, -0.25) is 9.59 Å². The van der Waals surface area contributed by atoms with Gasteiger partial charge in [0.05, 0.1) is 38.0 Å². The van der Waals surface area contributed by atoms with Crippen molar-refractivity contribution < 1.29 is 28.6 Å². The second-order valence-electron chi connectivity index (χ2n) is 8.83. The van der Waals surface area contributed by atoms with E-state index in [1.807, 2.05) is 25.1 Å². The number of ether oxygens (including phenoxy) is 3. The molecule has 172 valence electrons. The van der Waals surface area contributed by atoms with Crippen LogP contribution in [-0.4, -0.2) is 48.7 Å². The normalized spacial score (nSPS) is 27.6. The third-order valence-electron chi connectivity index (χ3n) is 7.05. The van der Waals surface area contributed by atoms with Crippen molar-refractivity contribution in [1.82, 2.24) is 4.90 Å². The van der Waals surface area contributed by atoms with Crippen LogP contribution in [0, 0.1) is 18.8 Å². The molecule has 33 heavy (non-hydrogen) atoms. The van der Waals surface area contributed by atoms with E-state index in [-0.39, 0.29) is 13.2 Å². The molecule has 0 saturated carbocycles. The summed E-state index contributed by atoms with van der Waals surface area (Å²) < 4.78 is 16.7. The summed E-state index contributed by atoms with van der Waals surface area (Å²) >= 11 is 0. The standard InChI is InChI=1S/C25H26N2O6/c1-5-32-22(28)20-18-13-33-19-12-16(31-4)10-11-17(19)21(18)27-24(30)26(23(29)25(20,27)3)15-8-6-14(2)7-9-15/h6-12,18,20-21H,5,13H2,1-4H3/t18-,20+,21+,25+/m1/s1.